The van der Waals surface area contributed by atoms with Crippen LogP contribution in [-0.2, 0) is 0 Å². The molecule has 4 nitrogen and oxygen atoms in total. The highest BCUT2D eigenvalue weighted by atomic mass is 32.1. The van der Waals surface area contributed by atoms with E-state index in [1.807, 2.05) is 0 Å². The van der Waals surface area contributed by atoms with Gasteiger partial charge in [0.1, 0.15) is 0 Å². The predicted octanol–water partition coefficient (Wildman–Crippen LogP) is 13.2. The Balaban J connectivity index is 1.30. The van der Waals surface area contributed by atoms with Gasteiger partial charge in [-0.25, -0.2) is 9.97 Å². The van der Waals surface area contributed by atoms with Crippen molar-refractivity contribution in [1.82, 2.24) is 19.9 Å². The van der Waals surface area contributed by atoms with Crippen LogP contribution in [0.25, 0.3) is 111 Å². The molecule has 2 aliphatic heterocycles. The molecule has 53 heavy (non-hydrogen) atoms. The van der Waals surface area contributed by atoms with Crippen LogP contribution in [0.5, 0.6) is 0 Å². The first-order chi connectivity index (χ1) is 26.2. The minimum absolute atomic E-state index is 0.892. The third-order valence-corrected chi connectivity index (χ3v) is 11.5. The molecule has 0 radical (unpaired) electrons. The second-order valence-electron chi connectivity index (χ2n) is 13.6. The molecule has 8 bridgehead atoms. The summed E-state index contributed by atoms with van der Waals surface area (Å²) in [7, 11) is 0. The summed E-state index contributed by atoms with van der Waals surface area (Å²) in [5.41, 5.74) is 13.1. The molecular formula is C48H30N4S. The predicted molar refractivity (Wildman–Crippen MR) is 226 cm³/mol. The molecular weight excluding hydrogens is 665 g/mol. The number of fused-ring (bicyclic) bond motifs is 11. The highest BCUT2D eigenvalue weighted by molar-refractivity contribution is 7.22. The lowest BCUT2D eigenvalue weighted by atomic mass is 9.97. The topological polar surface area (TPSA) is 57.4 Å². The maximum atomic E-state index is 5.49. The van der Waals surface area contributed by atoms with Gasteiger partial charge in [0.2, 0.25) is 0 Å². The Hall–Kier alpha value is -6.82. The number of rotatable bonds is 3. The van der Waals surface area contributed by atoms with E-state index >= 15 is 0 Å². The van der Waals surface area contributed by atoms with Gasteiger partial charge < -0.3 is 9.97 Å². The summed E-state index contributed by atoms with van der Waals surface area (Å²) >= 11 is 1.80. The zero-order chi connectivity index (χ0) is 34.9. The fourth-order valence-corrected chi connectivity index (χ4v) is 9.09. The van der Waals surface area contributed by atoms with Crippen molar-refractivity contribution in [2.75, 3.05) is 0 Å². The fraction of sp³-hybridized carbons (Fsp3) is 0. The molecule has 11 rings (SSSR count). The lowest BCUT2D eigenvalue weighted by molar-refractivity contribution is 1.31. The molecule has 0 saturated heterocycles. The molecule has 4 aromatic heterocycles. The van der Waals surface area contributed by atoms with Crippen molar-refractivity contribution >= 4 is 89.3 Å². The Morgan fingerprint density at radius 1 is 0.415 bits per heavy atom. The van der Waals surface area contributed by atoms with E-state index in [9.17, 15) is 0 Å². The summed E-state index contributed by atoms with van der Waals surface area (Å²) in [5.74, 6) is 0. The molecule has 0 fully saturated rings. The van der Waals surface area contributed by atoms with Crippen LogP contribution in [0.15, 0.2) is 146 Å². The van der Waals surface area contributed by atoms with Crippen molar-refractivity contribution < 1.29 is 0 Å². The zero-order valence-corrected chi connectivity index (χ0v) is 29.3. The van der Waals surface area contributed by atoms with E-state index in [-0.39, 0.29) is 0 Å². The van der Waals surface area contributed by atoms with E-state index in [0.717, 1.165) is 77.5 Å². The van der Waals surface area contributed by atoms with Gasteiger partial charge in [-0.3, -0.25) is 0 Å². The van der Waals surface area contributed by atoms with Crippen LogP contribution in [-0.4, -0.2) is 19.9 Å². The molecule has 0 amide bonds. The van der Waals surface area contributed by atoms with E-state index in [2.05, 4.69) is 180 Å². The Morgan fingerprint density at radius 3 is 1.68 bits per heavy atom. The number of aromatic amines is 2. The maximum Gasteiger partial charge on any atom is 0.0745 e. The number of nitrogens with zero attached hydrogens (tertiary/aromatic N) is 2. The van der Waals surface area contributed by atoms with Crippen LogP contribution < -0.4 is 0 Å². The first-order valence-corrected chi connectivity index (χ1v) is 18.6. The van der Waals surface area contributed by atoms with Crippen LogP contribution in [0.4, 0.5) is 0 Å². The van der Waals surface area contributed by atoms with Crippen molar-refractivity contribution in [3.8, 4) is 32.7 Å². The fourth-order valence-electron chi connectivity index (χ4n) is 7.96. The molecule has 9 aromatic rings. The number of aromatic nitrogens is 4. The number of H-pyrrole nitrogens is 2. The van der Waals surface area contributed by atoms with Crippen LogP contribution in [0, 0.1) is 0 Å². The second kappa shape index (κ2) is 11.9. The average molecular weight is 695 g/mol. The van der Waals surface area contributed by atoms with E-state index in [4.69, 9.17) is 9.97 Å². The van der Waals surface area contributed by atoms with Gasteiger partial charge in [0.05, 0.1) is 22.8 Å². The Morgan fingerprint density at radius 2 is 0.962 bits per heavy atom. The van der Waals surface area contributed by atoms with Gasteiger partial charge in [0, 0.05) is 48.3 Å². The largest absolute Gasteiger partial charge is 0.355 e. The van der Waals surface area contributed by atoms with Crippen molar-refractivity contribution in [2.24, 2.45) is 0 Å². The first kappa shape index (κ1) is 29.9. The van der Waals surface area contributed by atoms with Crippen LogP contribution >= 0.6 is 11.3 Å². The standard InChI is InChI=1S/C48H30N4S/c1-4-14-34-29(9-1)12-7-16-36(34)46-38-21-19-32(49-38)28-33-20-22-39(50-33)47(37-17-8-13-30-10-2-5-15-35(30)37)41-24-26-43(52-41)48(42-25-23-40(46)51-42)45-27-31-11-3-6-18-44(31)53-45/h1-28,49,52H. The Labute approximate surface area is 309 Å². The van der Waals surface area contributed by atoms with Crippen LogP contribution in [0.1, 0.15) is 22.8 Å². The van der Waals surface area contributed by atoms with Gasteiger partial charge in [0.25, 0.3) is 0 Å². The minimum atomic E-state index is 0.892. The maximum absolute atomic E-state index is 5.49. The summed E-state index contributed by atoms with van der Waals surface area (Å²) in [6.07, 6.45) is 8.59. The number of thiophene rings is 1. The van der Waals surface area contributed by atoms with Crippen molar-refractivity contribution in [1.29, 1.82) is 0 Å². The molecule has 5 aromatic carbocycles. The molecule has 2 N–H and O–H groups in total. The van der Waals surface area contributed by atoms with Crippen LogP contribution in [0.3, 0.4) is 0 Å². The summed E-state index contributed by atoms with van der Waals surface area (Å²) in [5, 5.41) is 5.98. The van der Waals surface area contributed by atoms with Gasteiger partial charge in [-0.15, -0.1) is 11.3 Å². The Bertz CT molecular complexity index is 3070. The molecule has 5 heteroatoms. The van der Waals surface area contributed by atoms with Crippen molar-refractivity contribution in [2.45, 2.75) is 0 Å². The van der Waals surface area contributed by atoms with E-state index in [1.165, 1.54) is 31.6 Å². The summed E-state index contributed by atoms with van der Waals surface area (Å²) in [4.78, 5) is 19.5. The number of nitrogens with one attached hydrogen (secondary N) is 2. The van der Waals surface area contributed by atoms with Crippen molar-refractivity contribution in [3.63, 3.8) is 0 Å². The molecule has 0 spiro atoms. The van der Waals surface area contributed by atoms with Crippen LogP contribution in [0.2, 0.25) is 0 Å². The minimum Gasteiger partial charge on any atom is -0.355 e. The third kappa shape index (κ3) is 4.97. The number of hydrogen-bond donors (Lipinski definition) is 2. The molecule has 0 unspecified atom stereocenters. The molecule has 2 aliphatic rings. The summed E-state index contributed by atoms with van der Waals surface area (Å²) in [6, 6.07) is 51.9. The summed E-state index contributed by atoms with van der Waals surface area (Å²) in [6.45, 7) is 0. The first-order valence-electron chi connectivity index (χ1n) is 17.8. The highest BCUT2D eigenvalue weighted by Crippen LogP contribution is 2.42. The SMILES string of the molecule is C1=Cc2nc1cc1ccc([nH]1)c(-c1cccc3ccccc13)c1nc(c(-c3cc4ccccc4s3)c3ccc([nH]3)c2-c2cccc3ccccc23)C=C1. The highest BCUT2D eigenvalue weighted by Gasteiger charge is 2.19. The zero-order valence-electron chi connectivity index (χ0n) is 28.5. The summed E-state index contributed by atoms with van der Waals surface area (Å²) < 4.78 is 1.25. The molecule has 248 valence electrons. The quantitative estimate of drug-likeness (QED) is 0.193. The van der Waals surface area contributed by atoms with E-state index in [1.54, 1.807) is 11.3 Å². The lowest BCUT2D eigenvalue weighted by Gasteiger charge is -2.09. The smallest absolute Gasteiger partial charge is 0.0745 e. The van der Waals surface area contributed by atoms with Crippen molar-refractivity contribution in [3.05, 3.63) is 168 Å². The number of hydrogen-bond acceptors (Lipinski definition) is 3. The van der Waals surface area contributed by atoms with E-state index < -0.39 is 0 Å². The monoisotopic (exact) mass is 694 g/mol. The third-order valence-electron chi connectivity index (χ3n) is 10.4. The van der Waals surface area contributed by atoms with E-state index in [0.29, 0.717) is 0 Å². The Kier molecular flexibility index (Phi) is 6.69. The molecule has 0 atom stereocenters. The van der Waals surface area contributed by atoms with Gasteiger partial charge in [0.15, 0.2) is 0 Å². The van der Waals surface area contributed by atoms with Gasteiger partial charge in [-0.05, 0) is 105 Å². The van der Waals surface area contributed by atoms with Gasteiger partial charge >= 0.3 is 0 Å². The average Bonchev–Trinajstić information content (AvgIpc) is 4.05. The van der Waals surface area contributed by atoms with Gasteiger partial charge in [-0.2, -0.15) is 0 Å². The molecule has 0 aliphatic carbocycles. The number of benzene rings is 5. The molecule has 0 saturated carbocycles. The molecule has 6 heterocycles. The lowest BCUT2D eigenvalue weighted by Crippen LogP contribution is -1.89. The second-order valence-corrected chi connectivity index (χ2v) is 14.6. The normalized spacial score (nSPS) is 12.4. The van der Waals surface area contributed by atoms with Gasteiger partial charge in [-0.1, -0.05) is 103 Å².